The van der Waals surface area contributed by atoms with E-state index in [0.29, 0.717) is 0 Å². The highest BCUT2D eigenvalue weighted by molar-refractivity contribution is 5.79. The molecular weight excluding hydrogens is 435 g/mol. The van der Waals surface area contributed by atoms with E-state index in [2.05, 4.69) is 10.1 Å². The van der Waals surface area contributed by atoms with E-state index in [1.165, 1.54) is 12.2 Å². The topological polar surface area (TPSA) is 67.8 Å². The van der Waals surface area contributed by atoms with Crippen LogP contribution in [0, 0.1) is 0 Å². The first kappa shape index (κ1) is 22.3. The lowest BCUT2D eigenvalue weighted by Gasteiger charge is -2.14. The molecule has 0 saturated carbocycles. The summed E-state index contributed by atoms with van der Waals surface area (Å²) in [6.07, 6.45) is -2.60. The van der Waals surface area contributed by atoms with E-state index in [9.17, 15) is 23.1 Å². The highest BCUT2D eigenvalue weighted by atomic mass is 19.4. The minimum Gasteiger partial charge on any atom is -0.507 e. The molecule has 0 aromatic heterocycles. The Balaban J connectivity index is 1.32. The quantitative estimate of drug-likeness (QED) is 0.490. The van der Waals surface area contributed by atoms with Crippen LogP contribution in [-0.4, -0.2) is 30.7 Å². The van der Waals surface area contributed by atoms with Crippen molar-refractivity contribution in [2.24, 2.45) is 0 Å². The smallest absolute Gasteiger partial charge is 0.507 e. The van der Waals surface area contributed by atoms with Crippen LogP contribution in [0.4, 0.5) is 18.0 Å². The number of fused-ring (bicyclic) bond motifs is 3. The lowest BCUT2D eigenvalue weighted by atomic mass is 9.98. The van der Waals surface area contributed by atoms with E-state index in [4.69, 9.17) is 4.74 Å². The van der Waals surface area contributed by atoms with Gasteiger partial charge in [0.15, 0.2) is 0 Å². The molecule has 0 fully saturated rings. The molecular formula is C25H20F3NO4. The van der Waals surface area contributed by atoms with Gasteiger partial charge in [-0.1, -0.05) is 60.7 Å². The van der Waals surface area contributed by atoms with Crippen molar-refractivity contribution in [3.63, 3.8) is 0 Å². The molecule has 170 valence electrons. The Bertz CT molecular complexity index is 1140. The SMILES string of the molecule is O=C(NCC=Cc1cc(OC(F)(F)F)ccc1O)OCC1c2ccccc2-c2ccccc21. The first-order valence-corrected chi connectivity index (χ1v) is 10.2. The second kappa shape index (κ2) is 9.28. The Morgan fingerprint density at radius 1 is 1.00 bits per heavy atom. The average molecular weight is 455 g/mol. The van der Waals surface area contributed by atoms with E-state index in [1.807, 2.05) is 48.5 Å². The van der Waals surface area contributed by atoms with Crippen LogP contribution in [0.2, 0.25) is 0 Å². The lowest BCUT2D eigenvalue weighted by molar-refractivity contribution is -0.274. The number of carbonyl (C=O) groups is 1. The van der Waals surface area contributed by atoms with Gasteiger partial charge in [-0.05, 0) is 40.5 Å². The first-order valence-electron chi connectivity index (χ1n) is 10.2. The second-order valence-corrected chi connectivity index (χ2v) is 7.38. The number of aromatic hydroxyl groups is 1. The zero-order valence-electron chi connectivity index (χ0n) is 17.3. The van der Waals surface area contributed by atoms with E-state index in [1.54, 1.807) is 0 Å². The largest absolute Gasteiger partial charge is 0.573 e. The maximum absolute atomic E-state index is 12.4. The normalized spacial score (nSPS) is 12.9. The zero-order chi connectivity index (χ0) is 23.4. The van der Waals surface area contributed by atoms with Gasteiger partial charge < -0.3 is 19.9 Å². The number of nitrogens with one attached hydrogen (secondary N) is 1. The first-order chi connectivity index (χ1) is 15.8. The van der Waals surface area contributed by atoms with Crippen LogP contribution in [0.5, 0.6) is 11.5 Å². The fourth-order valence-electron chi connectivity index (χ4n) is 3.84. The summed E-state index contributed by atoms with van der Waals surface area (Å²) in [6.45, 7) is 0.224. The van der Waals surface area contributed by atoms with Gasteiger partial charge in [-0.15, -0.1) is 13.2 Å². The molecule has 1 aliphatic carbocycles. The maximum Gasteiger partial charge on any atom is 0.573 e. The summed E-state index contributed by atoms with van der Waals surface area (Å²) in [5, 5.41) is 12.4. The molecule has 1 amide bonds. The van der Waals surface area contributed by atoms with Gasteiger partial charge in [-0.3, -0.25) is 0 Å². The molecule has 3 aromatic rings. The average Bonchev–Trinajstić information content (AvgIpc) is 3.10. The van der Waals surface area contributed by atoms with Gasteiger partial charge in [0.1, 0.15) is 18.1 Å². The molecule has 4 rings (SSSR count). The maximum atomic E-state index is 12.4. The van der Waals surface area contributed by atoms with E-state index >= 15 is 0 Å². The van der Waals surface area contributed by atoms with Crippen molar-refractivity contribution in [2.45, 2.75) is 12.3 Å². The number of amides is 1. The fraction of sp³-hybridized carbons (Fsp3) is 0.160. The third kappa shape index (κ3) is 5.28. The van der Waals surface area contributed by atoms with Gasteiger partial charge in [-0.2, -0.15) is 0 Å². The van der Waals surface area contributed by atoms with Crippen LogP contribution in [0.25, 0.3) is 17.2 Å². The van der Waals surface area contributed by atoms with Gasteiger partial charge in [0.2, 0.25) is 0 Å². The number of hydrogen-bond donors (Lipinski definition) is 2. The number of rotatable bonds is 6. The number of hydrogen-bond acceptors (Lipinski definition) is 4. The van der Waals surface area contributed by atoms with Crippen molar-refractivity contribution in [2.75, 3.05) is 13.2 Å². The van der Waals surface area contributed by atoms with E-state index in [0.717, 1.165) is 40.5 Å². The molecule has 1 aliphatic rings. The van der Waals surface area contributed by atoms with E-state index < -0.39 is 18.2 Å². The van der Waals surface area contributed by atoms with Crippen LogP contribution in [0.15, 0.2) is 72.8 Å². The number of ether oxygens (including phenoxy) is 2. The zero-order valence-corrected chi connectivity index (χ0v) is 17.3. The molecule has 2 N–H and O–H groups in total. The third-order valence-corrected chi connectivity index (χ3v) is 5.24. The van der Waals surface area contributed by atoms with Crippen LogP contribution in [0.1, 0.15) is 22.6 Å². The van der Waals surface area contributed by atoms with Crippen LogP contribution >= 0.6 is 0 Å². The number of carbonyl (C=O) groups excluding carboxylic acids is 1. The van der Waals surface area contributed by atoms with Crippen LogP contribution in [-0.2, 0) is 4.74 Å². The summed E-state index contributed by atoms with van der Waals surface area (Å²) < 4.78 is 46.3. The number of benzene rings is 3. The monoisotopic (exact) mass is 455 g/mol. The van der Waals surface area contributed by atoms with Crippen LogP contribution < -0.4 is 10.1 Å². The molecule has 8 heteroatoms. The molecule has 0 spiro atoms. The van der Waals surface area contributed by atoms with Gasteiger partial charge in [0, 0.05) is 18.0 Å². The predicted molar refractivity (Wildman–Crippen MR) is 117 cm³/mol. The minimum absolute atomic E-state index is 0.0560. The summed E-state index contributed by atoms with van der Waals surface area (Å²) in [5.41, 5.74) is 4.57. The van der Waals surface area contributed by atoms with Crippen LogP contribution in [0.3, 0.4) is 0 Å². The van der Waals surface area contributed by atoms with Gasteiger partial charge in [-0.25, -0.2) is 4.79 Å². The van der Waals surface area contributed by atoms with Crippen molar-refractivity contribution < 1.29 is 32.5 Å². The Morgan fingerprint density at radius 2 is 1.64 bits per heavy atom. The number of alkyl carbamates (subject to hydrolysis) is 1. The number of phenolic OH excluding ortho intramolecular Hbond substituents is 1. The molecule has 3 aromatic carbocycles. The van der Waals surface area contributed by atoms with Crippen molar-refractivity contribution in [3.05, 3.63) is 89.5 Å². The highest BCUT2D eigenvalue weighted by Gasteiger charge is 2.31. The molecule has 0 heterocycles. The van der Waals surface area contributed by atoms with Crippen molar-refractivity contribution in [1.82, 2.24) is 5.32 Å². The highest BCUT2D eigenvalue weighted by Crippen LogP contribution is 2.44. The molecule has 0 saturated heterocycles. The van der Waals surface area contributed by atoms with Gasteiger partial charge in [0.05, 0.1) is 0 Å². The summed E-state index contributed by atoms with van der Waals surface area (Å²) >= 11 is 0. The molecule has 0 aliphatic heterocycles. The third-order valence-electron chi connectivity index (χ3n) is 5.24. The molecule has 33 heavy (non-hydrogen) atoms. The molecule has 0 atom stereocenters. The molecule has 0 bridgehead atoms. The Morgan fingerprint density at radius 3 is 2.27 bits per heavy atom. The van der Waals surface area contributed by atoms with Gasteiger partial charge in [0.25, 0.3) is 0 Å². The summed E-state index contributed by atoms with van der Waals surface area (Å²) in [5.74, 6) is -0.738. The Kier molecular flexibility index (Phi) is 6.26. The predicted octanol–water partition coefficient (Wildman–Crippen LogP) is 5.84. The second-order valence-electron chi connectivity index (χ2n) is 7.38. The summed E-state index contributed by atoms with van der Waals surface area (Å²) in [6, 6.07) is 19.1. The van der Waals surface area contributed by atoms with E-state index in [-0.39, 0.29) is 30.4 Å². The molecule has 0 radical (unpaired) electrons. The summed E-state index contributed by atoms with van der Waals surface area (Å²) in [4.78, 5) is 12.2. The fourth-order valence-corrected chi connectivity index (χ4v) is 3.84. The standard InChI is InChI=1S/C25H20F3NO4/c26-25(27,28)33-17-11-12-23(30)16(14-17)6-5-13-29-24(31)32-15-22-20-9-3-1-7-18(20)19-8-2-4-10-21(19)22/h1-12,14,22,30H,13,15H2,(H,29,31). The van der Waals surface area contributed by atoms with Crippen molar-refractivity contribution in [3.8, 4) is 22.6 Å². The molecule has 0 unspecified atom stereocenters. The summed E-state index contributed by atoms with van der Waals surface area (Å²) in [7, 11) is 0. The van der Waals surface area contributed by atoms with Gasteiger partial charge >= 0.3 is 12.5 Å². The Labute approximate surface area is 188 Å². The van der Waals surface area contributed by atoms with Crippen molar-refractivity contribution >= 4 is 12.2 Å². The number of phenols is 1. The lowest BCUT2D eigenvalue weighted by Crippen LogP contribution is -2.26. The minimum atomic E-state index is -4.83. The number of alkyl halides is 3. The number of halogens is 3. The molecule has 5 nitrogen and oxygen atoms in total. The van der Waals surface area contributed by atoms with Crippen molar-refractivity contribution in [1.29, 1.82) is 0 Å². The Hall–Kier alpha value is -3.94.